The van der Waals surface area contributed by atoms with Crippen LogP contribution in [-0.2, 0) is 4.79 Å². The van der Waals surface area contributed by atoms with E-state index in [0.717, 1.165) is 0 Å². The van der Waals surface area contributed by atoms with E-state index in [-0.39, 0.29) is 5.56 Å². The number of benzene rings is 1. The Morgan fingerprint density at radius 2 is 2.06 bits per heavy atom. The van der Waals surface area contributed by atoms with E-state index in [1.54, 1.807) is 17.9 Å². The van der Waals surface area contributed by atoms with Crippen LogP contribution in [0.25, 0.3) is 0 Å². The summed E-state index contributed by atoms with van der Waals surface area (Å²) in [6, 6.07) is 3.90. The van der Waals surface area contributed by atoms with E-state index in [1.165, 1.54) is 12.1 Å². The predicted molar refractivity (Wildman–Crippen MR) is 69.5 cm³/mol. The first-order chi connectivity index (χ1) is 8.38. The fourth-order valence-electron chi connectivity index (χ4n) is 1.76. The third-order valence-electron chi connectivity index (χ3n) is 2.80. The third-order valence-corrected chi connectivity index (χ3v) is 2.80. The summed E-state index contributed by atoms with van der Waals surface area (Å²) in [6.07, 6.45) is 0. The molecule has 1 rings (SSSR count). The van der Waals surface area contributed by atoms with Crippen LogP contribution in [0.1, 0.15) is 24.2 Å². The van der Waals surface area contributed by atoms with Gasteiger partial charge < -0.3 is 21.5 Å². The lowest BCUT2D eigenvalue weighted by Gasteiger charge is -2.29. The highest BCUT2D eigenvalue weighted by Crippen LogP contribution is 2.26. The van der Waals surface area contributed by atoms with E-state index in [9.17, 15) is 9.59 Å². The second-order valence-corrected chi connectivity index (χ2v) is 3.94. The number of rotatable bonds is 5. The molecule has 6 nitrogen and oxygen atoms in total. The molecule has 5 N–H and O–H groups in total. The maximum Gasteiger partial charge on any atom is 0.335 e. The van der Waals surface area contributed by atoms with Gasteiger partial charge in [0.15, 0.2) is 0 Å². The second-order valence-electron chi connectivity index (χ2n) is 3.94. The monoisotopic (exact) mass is 251 g/mol. The van der Waals surface area contributed by atoms with Crippen molar-refractivity contribution in [2.75, 3.05) is 17.2 Å². The zero-order valence-corrected chi connectivity index (χ0v) is 10.4. The van der Waals surface area contributed by atoms with Crippen LogP contribution in [-0.4, -0.2) is 29.6 Å². The number of aromatic carboxylic acids is 1. The summed E-state index contributed by atoms with van der Waals surface area (Å²) >= 11 is 0. The number of anilines is 2. The molecule has 1 unspecified atom stereocenters. The molecule has 0 bridgehead atoms. The maximum atomic E-state index is 11.2. The van der Waals surface area contributed by atoms with Gasteiger partial charge in [0.25, 0.3) is 0 Å². The van der Waals surface area contributed by atoms with Gasteiger partial charge in [0, 0.05) is 6.54 Å². The molecule has 0 radical (unpaired) electrons. The van der Waals surface area contributed by atoms with Crippen LogP contribution >= 0.6 is 0 Å². The number of likely N-dealkylation sites (N-methyl/N-ethyl adjacent to an activating group) is 1. The Hall–Kier alpha value is -2.24. The molecule has 1 amide bonds. The molecule has 0 saturated carbocycles. The third kappa shape index (κ3) is 2.71. The summed E-state index contributed by atoms with van der Waals surface area (Å²) in [7, 11) is 0. The number of carbonyl (C=O) groups is 2. The Morgan fingerprint density at radius 1 is 1.44 bits per heavy atom. The van der Waals surface area contributed by atoms with Crippen molar-refractivity contribution < 1.29 is 14.7 Å². The molecule has 0 aliphatic rings. The molecule has 18 heavy (non-hydrogen) atoms. The van der Waals surface area contributed by atoms with Gasteiger partial charge in [-0.05, 0) is 32.0 Å². The molecule has 1 atom stereocenters. The number of amides is 1. The molecule has 0 aromatic heterocycles. The summed E-state index contributed by atoms with van der Waals surface area (Å²) in [5.74, 6) is -1.50. The van der Waals surface area contributed by atoms with Crippen molar-refractivity contribution in [3.05, 3.63) is 23.8 Å². The maximum absolute atomic E-state index is 11.2. The number of primary amides is 1. The zero-order chi connectivity index (χ0) is 13.9. The molecule has 0 heterocycles. The highest BCUT2D eigenvalue weighted by molar-refractivity contribution is 5.91. The van der Waals surface area contributed by atoms with Crippen LogP contribution in [0.4, 0.5) is 11.4 Å². The highest BCUT2D eigenvalue weighted by Gasteiger charge is 2.20. The molecular formula is C12H17N3O3. The average Bonchev–Trinajstić information content (AvgIpc) is 2.31. The van der Waals surface area contributed by atoms with E-state index in [0.29, 0.717) is 17.9 Å². The van der Waals surface area contributed by atoms with Gasteiger partial charge in [0.05, 0.1) is 16.9 Å². The van der Waals surface area contributed by atoms with Gasteiger partial charge in [-0.15, -0.1) is 0 Å². The van der Waals surface area contributed by atoms with Gasteiger partial charge >= 0.3 is 5.97 Å². The van der Waals surface area contributed by atoms with Crippen molar-refractivity contribution in [1.29, 1.82) is 0 Å². The smallest absolute Gasteiger partial charge is 0.335 e. The molecule has 0 spiro atoms. The van der Waals surface area contributed by atoms with E-state index in [2.05, 4.69) is 0 Å². The number of nitrogens with two attached hydrogens (primary N) is 2. The standard InChI is InChI=1S/C12H17N3O3/c1-3-15(7(2)11(14)16)10-5-4-8(12(17)18)6-9(10)13/h4-7H,3,13H2,1-2H3,(H2,14,16)(H,17,18). The Bertz CT molecular complexity index is 474. The largest absolute Gasteiger partial charge is 0.478 e. The minimum absolute atomic E-state index is 0.110. The molecular weight excluding hydrogens is 234 g/mol. The van der Waals surface area contributed by atoms with E-state index in [4.69, 9.17) is 16.6 Å². The minimum atomic E-state index is -1.04. The number of carboxylic acid groups (broad SMARTS) is 1. The van der Waals surface area contributed by atoms with Gasteiger partial charge in [0.2, 0.25) is 5.91 Å². The number of carboxylic acids is 1. The van der Waals surface area contributed by atoms with Crippen LogP contribution in [0.15, 0.2) is 18.2 Å². The summed E-state index contributed by atoms with van der Waals surface area (Å²) in [5.41, 5.74) is 12.1. The van der Waals surface area contributed by atoms with Gasteiger partial charge in [-0.3, -0.25) is 4.79 Å². The predicted octanol–water partition coefficient (Wildman–Crippen LogP) is 0.667. The minimum Gasteiger partial charge on any atom is -0.478 e. The number of nitrogen functional groups attached to an aromatic ring is 1. The fourth-order valence-corrected chi connectivity index (χ4v) is 1.76. The van der Waals surface area contributed by atoms with Crippen molar-refractivity contribution in [1.82, 2.24) is 0 Å². The van der Waals surface area contributed by atoms with Crippen LogP contribution < -0.4 is 16.4 Å². The van der Waals surface area contributed by atoms with Gasteiger partial charge in [-0.2, -0.15) is 0 Å². The summed E-state index contributed by atoms with van der Waals surface area (Å²) in [6.45, 7) is 4.08. The summed E-state index contributed by atoms with van der Waals surface area (Å²) in [4.78, 5) is 23.7. The first-order valence-electron chi connectivity index (χ1n) is 5.57. The first-order valence-corrected chi connectivity index (χ1v) is 5.57. The zero-order valence-electron chi connectivity index (χ0n) is 10.4. The average molecular weight is 251 g/mol. The van der Waals surface area contributed by atoms with E-state index < -0.39 is 17.9 Å². The molecule has 0 aliphatic carbocycles. The quantitative estimate of drug-likeness (QED) is 0.666. The van der Waals surface area contributed by atoms with Gasteiger partial charge in [0.1, 0.15) is 6.04 Å². The Labute approximate surface area is 105 Å². The lowest BCUT2D eigenvalue weighted by atomic mass is 10.1. The van der Waals surface area contributed by atoms with Crippen LogP contribution in [0.5, 0.6) is 0 Å². The highest BCUT2D eigenvalue weighted by atomic mass is 16.4. The number of hydrogen-bond donors (Lipinski definition) is 3. The topological polar surface area (TPSA) is 110 Å². The molecule has 6 heteroatoms. The first kappa shape index (κ1) is 13.8. The van der Waals surface area contributed by atoms with Gasteiger partial charge in [-0.25, -0.2) is 4.79 Å². The normalized spacial score (nSPS) is 11.9. The molecule has 0 saturated heterocycles. The van der Waals surface area contributed by atoms with E-state index >= 15 is 0 Å². The SMILES string of the molecule is CCN(c1ccc(C(=O)O)cc1N)C(C)C(N)=O. The second kappa shape index (κ2) is 5.39. The van der Waals surface area contributed by atoms with Crippen LogP contribution in [0.2, 0.25) is 0 Å². The number of nitrogens with zero attached hydrogens (tertiary/aromatic N) is 1. The number of hydrogen-bond acceptors (Lipinski definition) is 4. The van der Waals surface area contributed by atoms with Crippen molar-refractivity contribution in [3.8, 4) is 0 Å². The molecule has 0 aliphatic heterocycles. The lowest BCUT2D eigenvalue weighted by molar-refractivity contribution is -0.118. The Balaban J connectivity index is 3.15. The van der Waals surface area contributed by atoms with Crippen molar-refractivity contribution >= 4 is 23.3 Å². The van der Waals surface area contributed by atoms with E-state index in [1.807, 2.05) is 6.92 Å². The van der Waals surface area contributed by atoms with Crippen molar-refractivity contribution in [2.24, 2.45) is 5.73 Å². The lowest BCUT2D eigenvalue weighted by Crippen LogP contribution is -2.43. The van der Waals surface area contributed by atoms with Crippen LogP contribution in [0.3, 0.4) is 0 Å². The molecule has 0 fully saturated rings. The molecule has 1 aromatic carbocycles. The number of carbonyl (C=O) groups excluding carboxylic acids is 1. The molecule has 98 valence electrons. The Morgan fingerprint density at radius 3 is 2.44 bits per heavy atom. The van der Waals surface area contributed by atoms with Crippen molar-refractivity contribution in [3.63, 3.8) is 0 Å². The van der Waals surface area contributed by atoms with Crippen LogP contribution in [0, 0.1) is 0 Å². The fraction of sp³-hybridized carbons (Fsp3) is 0.333. The van der Waals surface area contributed by atoms with Gasteiger partial charge in [-0.1, -0.05) is 0 Å². The molecule has 1 aromatic rings. The summed E-state index contributed by atoms with van der Waals surface area (Å²) in [5, 5.41) is 8.85. The summed E-state index contributed by atoms with van der Waals surface area (Å²) < 4.78 is 0. The Kier molecular flexibility index (Phi) is 4.14. The van der Waals surface area contributed by atoms with Crippen molar-refractivity contribution in [2.45, 2.75) is 19.9 Å².